The van der Waals surface area contributed by atoms with Gasteiger partial charge in [0.1, 0.15) is 18.2 Å². The molecule has 0 saturated heterocycles. The van der Waals surface area contributed by atoms with Crippen LogP contribution >= 0.6 is 0 Å². The quantitative estimate of drug-likeness (QED) is 0.845. The van der Waals surface area contributed by atoms with Gasteiger partial charge in [-0.25, -0.2) is 9.37 Å². The highest BCUT2D eigenvalue weighted by Crippen LogP contribution is 2.21. The van der Waals surface area contributed by atoms with Crippen molar-refractivity contribution in [1.29, 1.82) is 0 Å². The van der Waals surface area contributed by atoms with Gasteiger partial charge >= 0.3 is 0 Å². The number of nitrogens with zero attached hydrogens (tertiary/aromatic N) is 2. The van der Waals surface area contributed by atoms with E-state index in [4.69, 9.17) is 10.5 Å². The first-order valence-corrected chi connectivity index (χ1v) is 6.81. The molecular weight excluding hydrogens is 257 g/mol. The molecule has 0 radical (unpaired) electrons. The summed E-state index contributed by atoms with van der Waals surface area (Å²) in [6.45, 7) is 3.23. The van der Waals surface area contributed by atoms with E-state index in [1.165, 1.54) is 12.1 Å². The van der Waals surface area contributed by atoms with Gasteiger partial charge in [-0.3, -0.25) is 0 Å². The molecule has 2 rings (SSSR count). The summed E-state index contributed by atoms with van der Waals surface area (Å²) >= 11 is 0. The number of hydrogen-bond donors (Lipinski definition) is 1. The van der Waals surface area contributed by atoms with Gasteiger partial charge in [-0.2, -0.15) is 0 Å². The Bertz CT molecular complexity index is 528. The van der Waals surface area contributed by atoms with Gasteiger partial charge in [-0.05, 0) is 36.6 Å². The van der Waals surface area contributed by atoms with E-state index in [1.807, 2.05) is 17.7 Å². The zero-order valence-corrected chi connectivity index (χ0v) is 11.6. The number of benzene rings is 1. The largest absolute Gasteiger partial charge is 0.491 e. The summed E-state index contributed by atoms with van der Waals surface area (Å²) in [5.74, 6) is 0.445. The molecular formula is C15H20FN3O. The molecule has 0 aliphatic heterocycles. The molecule has 4 nitrogen and oxygen atoms in total. The van der Waals surface area contributed by atoms with E-state index in [2.05, 4.69) is 4.98 Å². The SMILES string of the molecule is CCC(N)Cc1cc(F)ccc1OCCn1ccnc1. The Kier molecular flexibility index (Phi) is 5.12. The molecule has 20 heavy (non-hydrogen) atoms. The molecule has 1 heterocycles. The van der Waals surface area contributed by atoms with E-state index in [0.29, 0.717) is 25.3 Å². The monoisotopic (exact) mass is 277 g/mol. The van der Waals surface area contributed by atoms with Crippen LogP contribution < -0.4 is 10.5 Å². The second-order valence-corrected chi connectivity index (χ2v) is 4.77. The standard InChI is InChI=1S/C15H20FN3O/c1-2-14(17)10-12-9-13(16)3-4-15(12)20-8-7-19-6-5-18-11-19/h3-6,9,11,14H,2,7-8,10,17H2,1H3. The van der Waals surface area contributed by atoms with Crippen molar-refractivity contribution in [1.82, 2.24) is 9.55 Å². The van der Waals surface area contributed by atoms with Crippen LogP contribution in [0.3, 0.4) is 0 Å². The molecule has 5 heteroatoms. The molecule has 0 aliphatic carbocycles. The predicted octanol–water partition coefficient (Wildman–Crippen LogP) is 2.38. The third-order valence-electron chi connectivity index (χ3n) is 3.20. The minimum absolute atomic E-state index is 0.0211. The first-order valence-electron chi connectivity index (χ1n) is 6.81. The van der Waals surface area contributed by atoms with Crippen molar-refractivity contribution in [3.8, 4) is 5.75 Å². The van der Waals surface area contributed by atoms with Gasteiger partial charge < -0.3 is 15.0 Å². The first kappa shape index (κ1) is 14.5. The van der Waals surface area contributed by atoms with Gasteiger partial charge in [0.2, 0.25) is 0 Å². The van der Waals surface area contributed by atoms with Crippen molar-refractivity contribution in [3.05, 3.63) is 48.3 Å². The normalized spacial score (nSPS) is 12.3. The van der Waals surface area contributed by atoms with Gasteiger partial charge in [0.05, 0.1) is 12.9 Å². The molecule has 0 fully saturated rings. The van der Waals surface area contributed by atoms with Crippen LogP contribution in [-0.2, 0) is 13.0 Å². The zero-order valence-electron chi connectivity index (χ0n) is 11.6. The van der Waals surface area contributed by atoms with E-state index in [9.17, 15) is 4.39 Å². The van der Waals surface area contributed by atoms with Crippen LogP contribution in [0.15, 0.2) is 36.9 Å². The highest BCUT2D eigenvalue weighted by atomic mass is 19.1. The number of halogens is 1. The lowest BCUT2D eigenvalue weighted by Crippen LogP contribution is -2.22. The predicted molar refractivity (Wildman–Crippen MR) is 76.1 cm³/mol. The van der Waals surface area contributed by atoms with Crippen molar-refractivity contribution < 1.29 is 9.13 Å². The summed E-state index contributed by atoms with van der Waals surface area (Å²) in [6, 6.07) is 4.60. The Balaban J connectivity index is 1.98. The average Bonchev–Trinajstić information content (AvgIpc) is 2.94. The van der Waals surface area contributed by atoms with Crippen molar-refractivity contribution in [2.45, 2.75) is 32.4 Å². The molecule has 1 aromatic heterocycles. The molecule has 2 aromatic rings. The molecule has 2 N–H and O–H groups in total. The maximum atomic E-state index is 13.3. The van der Waals surface area contributed by atoms with Crippen LogP contribution in [0.25, 0.3) is 0 Å². The Morgan fingerprint density at radius 2 is 2.30 bits per heavy atom. The fourth-order valence-corrected chi connectivity index (χ4v) is 1.96. The minimum Gasteiger partial charge on any atom is -0.491 e. The minimum atomic E-state index is -0.259. The number of hydrogen-bond acceptors (Lipinski definition) is 3. The van der Waals surface area contributed by atoms with Crippen LogP contribution in [0.1, 0.15) is 18.9 Å². The summed E-state index contributed by atoms with van der Waals surface area (Å²) < 4.78 is 21.0. The van der Waals surface area contributed by atoms with Crippen molar-refractivity contribution >= 4 is 0 Å². The van der Waals surface area contributed by atoms with E-state index in [0.717, 1.165) is 12.0 Å². The number of ether oxygens (including phenoxy) is 1. The van der Waals surface area contributed by atoms with Crippen LogP contribution in [0, 0.1) is 5.82 Å². The first-order chi connectivity index (χ1) is 9.69. The second kappa shape index (κ2) is 7.05. The van der Waals surface area contributed by atoms with E-state index >= 15 is 0 Å². The summed E-state index contributed by atoms with van der Waals surface area (Å²) in [6.07, 6.45) is 6.81. The number of imidazole rings is 1. The molecule has 0 amide bonds. The van der Waals surface area contributed by atoms with E-state index < -0.39 is 0 Å². The van der Waals surface area contributed by atoms with Crippen molar-refractivity contribution in [3.63, 3.8) is 0 Å². The average molecular weight is 277 g/mol. The smallest absolute Gasteiger partial charge is 0.123 e. The summed E-state index contributed by atoms with van der Waals surface area (Å²) in [5, 5.41) is 0. The summed E-state index contributed by atoms with van der Waals surface area (Å²) in [5.41, 5.74) is 6.76. The number of rotatable bonds is 7. The molecule has 0 aliphatic rings. The van der Waals surface area contributed by atoms with Crippen molar-refractivity contribution in [2.75, 3.05) is 6.61 Å². The fourth-order valence-electron chi connectivity index (χ4n) is 1.96. The van der Waals surface area contributed by atoms with E-state index in [-0.39, 0.29) is 11.9 Å². The van der Waals surface area contributed by atoms with Crippen LogP contribution in [0.2, 0.25) is 0 Å². The van der Waals surface area contributed by atoms with Gasteiger partial charge in [0, 0.05) is 18.4 Å². The summed E-state index contributed by atoms with van der Waals surface area (Å²) in [7, 11) is 0. The Morgan fingerprint density at radius 1 is 1.45 bits per heavy atom. The highest BCUT2D eigenvalue weighted by Gasteiger charge is 2.09. The van der Waals surface area contributed by atoms with Gasteiger partial charge in [-0.1, -0.05) is 6.92 Å². The maximum absolute atomic E-state index is 13.3. The summed E-state index contributed by atoms with van der Waals surface area (Å²) in [4.78, 5) is 3.97. The van der Waals surface area contributed by atoms with Gasteiger partial charge in [-0.15, -0.1) is 0 Å². The maximum Gasteiger partial charge on any atom is 0.123 e. The highest BCUT2D eigenvalue weighted by molar-refractivity contribution is 5.34. The van der Waals surface area contributed by atoms with E-state index in [1.54, 1.807) is 18.6 Å². The topological polar surface area (TPSA) is 53.1 Å². The molecule has 0 saturated carbocycles. The molecule has 1 atom stereocenters. The van der Waals surface area contributed by atoms with Crippen LogP contribution in [0.5, 0.6) is 5.75 Å². The zero-order chi connectivity index (χ0) is 14.4. The fraction of sp³-hybridized carbons (Fsp3) is 0.400. The Labute approximate surface area is 118 Å². The number of aromatic nitrogens is 2. The molecule has 0 bridgehead atoms. The van der Waals surface area contributed by atoms with Crippen LogP contribution in [-0.4, -0.2) is 22.2 Å². The molecule has 1 aromatic carbocycles. The molecule has 0 spiro atoms. The molecule has 108 valence electrons. The Morgan fingerprint density at radius 3 is 3.00 bits per heavy atom. The lowest BCUT2D eigenvalue weighted by Gasteiger charge is -2.14. The van der Waals surface area contributed by atoms with Crippen LogP contribution in [0.4, 0.5) is 4.39 Å². The third-order valence-corrected chi connectivity index (χ3v) is 3.20. The number of nitrogens with two attached hydrogens (primary N) is 1. The molecule has 1 unspecified atom stereocenters. The van der Waals surface area contributed by atoms with Crippen molar-refractivity contribution in [2.24, 2.45) is 5.73 Å². The third kappa shape index (κ3) is 4.06. The Hall–Kier alpha value is -1.88. The lowest BCUT2D eigenvalue weighted by molar-refractivity contribution is 0.294. The lowest BCUT2D eigenvalue weighted by atomic mass is 10.0. The van der Waals surface area contributed by atoms with Gasteiger partial charge in [0.15, 0.2) is 0 Å². The second-order valence-electron chi connectivity index (χ2n) is 4.77. The van der Waals surface area contributed by atoms with Gasteiger partial charge in [0.25, 0.3) is 0 Å².